The van der Waals surface area contributed by atoms with E-state index in [0.29, 0.717) is 23.8 Å². The predicted octanol–water partition coefficient (Wildman–Crippen LogP) is 3.96. The number of carbonyl (C=O) groups excluding carboxylic acids is 1. The minimum absolute atomic E-state index is 0.0258. The maximum Gasteiger partial charge on any atom is 0.242 e. The number of nitrogens with one attached hydrogen (secondary N) is 1. The molecule has 0 aliphatic heterocycles. The van der Waals surface area contributed by atoms with Crippen molar-refractivity contribution in [3.63, 3.8) is 0 Å². The Morgan fingerprint density at radius 3 is 2.61 bits per heavy atom. The molecule has 0 unspecified atom stereocenters. The number of alkyl halides is 1. The average Bonchev–Trinajstić information content (AvgIpc) is 3.38. The number of para-hydroxylation sites is 1. The number of benzene rings is 2. The van der Waals surface area contributed by atoms with E-state index in [2.05, 4.69) is 20.6 Å². The van der Waals surface area contributed by atoms with Gasteiger partial charge in [-0.3, -0.25) is 9.59 Å². The number of H-pyrrole nitrogens is 1. The summed E-state index contributed by atoms with van der Waals surface area (Å²) in [5.41, 5.74) is 6.07. The second-order valence-corrected chi connectivity index (χ2v) is 7.77. The molecular formula is C23H22ClN5O4. The lowest BCUT2D eigenvalue weighted by atomic mass is 10.0. The first-order chi connectivity index (χ1) is 16.1. The van der Waals surface area contributed by atoms with Crippen LogP contribution < -0.4 is 15.9 Å². The first-order valence-corrected chi connectivity index (χ1v) is 11.1. The SMILES string of the molecule is Nc1c(-c2nn[nH]n2)oc2c(C(=O)c3ccc(OCCCCCCCl)cc3)cccc2c1=O. The molecule has 170 valence electrons. The number of rotatable bonds is 10. The molecule has 0 fully saturated rings. The van der Waals surface area contributed by atoms with Crippen LogP contribution >= 0.6 is 11.6 Å². The molecule has 0 atom stereocenters. The van der Waals surface area contributed by atoms with Gasteiger partial charge in [0.2, 0.25) is 17.0 Å². The van der Waals surface area contributed by atoms with Crippen molar-refractivity contribution in [2.75, 3.05) is 18.2 Å². The Kier molecular flexibility index (Phi) is 6.99. The van der Waals surface area contributed by atoms with Crippen LogP contribution in [0.2, 0.25) is 0 Å². The van der Waals surface area contributed by atoms with Crippen LogP contribution in [0.1, 0.15) is 41.6 Å². The number of tetrazole rings is 1. The van der Waals surface area contributed by atoms with Crippen molar-refractivity contribution < 1.29 is 13.9 Å². The van der Waals surface area contributed by atoms with E-state index < -0.39 is 5.43 Å². The quantitative estimate of drug-likeness (QED) is 0.203. The Morgan fingerprint density at radius 1 is 1.09 bits per heavy atom. The molecule has 33 heavy (non-hydrogen) atoms. The number of aromatic amines is 1. The van der Waals surface area contributed by atoms with Crippen LogP contribution in [0.4, 0.5) is 5.69 Å². The van der Waals surface area contributed by atoms with Gasteiger partial charge in [0, 0.05) is 11.4 Å². The second-order valence-electron chi connectivity index (χ2n) is 7.40. The van der Waals surface area contributed by atoms with E-state index in [9.17, 15) is 9.59 Å². The number of ketones is 1. The zero-order valence-electron chi connectivity index (χ0n) is 17.7. The second kappa shape index (κ2) is 10.3. The number of nitrogens with two attached hydrogens (primary N) is 1. The monoisotopic (exact) mass is 467 g/mol. The summed E-state index contributed by atoms with van der Waals surface area (Å²) >= 11 is 5.68. The molecule has 4 rings (SSSR count). The van der Waals surface area contributed by atoms with Crippen molar-refractivity contribution in [2.24, 2.45) is 0 Å². The standard InChI is InChI=1S/C23H22ClN5O4/c24-12-3-1-2-4-13-32-15-10-8-14(9-11-15)19(30)16-6-5-7-17-20(31)18(25)22(33-21(16)17)23-26-28-29-27-23/h5-11H,1-4,12-13,25H2,(H,26,27,28,29). The number of nitrogen functional groups attached to an aromatic ring is 1. The summed E-state index contributed by atoms with van der Waals surface area (Å²) in [6.07, 6.45) is 4.10. The minimum Gasteiger partial charge on any atom is -0.494 e. The van der Waals surface area contributed by atoms with Crippen LogP contribution in [0.25, 0.3) is 22.6 Å². The highest BCUT2D eigenvalue weighted by molar-refractivity contribution is 6.17. The van der Waals surface area contributed by atoms with Gasteiger partial charge in [-0.25, -0.2) is 0 Å². The molecule has 0 bridgehead atoms. The molecule has 0 aliphatic carbocycles. The molecule has 2 aromatic carbocycles. The molecule has 0 saturated heterocycles. The number of aromatic nitrogens is 4. The number of carbonyl (C=O) groups is 1. The molecule has 2 heterocycles. The number of nitrogens with zero attached hydrogens (tertiary/aromatic N) is 3. The number of unbranched alkanes of at least 4 members (excludes halogenated alkanes) is 3. The highest BCUT2D eigenvalue weighted by Crippen LogP contribution is 2.28. The van der Waals surface area contributed by atoms with Gasteiger partial charge in [-0.15, -0.1) is 21.8 Å². The van der Waals surface area contributed by atoms with Gasteiger partial charge in [-0.2, -0.15) is 5.21 Å². The maximum absolute atomic E-state index is 13.2. The Morgan fingerprint density at radius 2 is 1.88 bits per heavy atom. The lowest BCUT2D eigenvalue weighted by Crippen LogP contribution is -2.12. The zero-order chi connectivity index (χ0) is 23.2. The van der Waals surface area contributed by atoms with E-state index in [1.807, 2.05) is 0 Å². The number of anilines is 1. The number of hydrogen-bond acceptors (Lipinski definition) is 8. The third-order valence-electron chi connectivity index (χ3n) is 5.16. The third kappa shape index (κ3) is 4.88. The lowest BCUT2D eigenvalue weighted by molar-refractivity contribution is 0.103. The summed E-state index contributed by atoms with van der Waals surface area (Å²) in [5, 5.41) is 13.6. The summed E-state index contributed by atoms with van der Waals surface area (Å²) in [4.78, 5) is 26.0. The van der Waals surface area contributed by atoms with Crippen LogP contribution in [0.15, 0.2) is 51.7 Å². The molecule has 0 aliphatic rings. The molecular weight excluding hydrogens is 446 g/mol. The normalized spacial score (nSPS) is 11.1. The molecule has 0 saturated carbocycles. The fraction of sp³-hybridized carbons (Fsp3) is 0.261. The van der Waals surface area contributed by atoms with Crippen LogP contribution in [-0.2, 0) is 0 Å². The molecule has 3 N–H and O–H groups in total. The summed E-state index contributed by atoms with van der Waals surface area (Å²) in [6, 6.07) is 11.6. The van der Waals surface area contributed by atoms with Crippen molar-refractivity contribution in [1.82, 2.24) is 20.6 Å². The maximum atomic E-state index is 13.2. The molecule has 9 nitrogen and oxygen atoms in total. The van der Waals surface area contributed by atoms with Gasteiger partial charge in [-0.1, -0.05) is 18.9 Å². The van der Waals surface area contributed by atoms with E-state index in [1.54, 1.807) is 42.5 Å². The Labute approximate surface area is 193 Å². The van der Waals surface area contributed by atoms with Crippen molar-refractivity contribution in [1.29, 1.82) is 0 Å². The third-order valence-corrected chi connectivity index (χ3v) is 5.43. The Balaban J connectivity index is 1.57. The van der Waals surface area contributed by atoms with E-state index in [4.69, 9.17) is 26.5 Å². The molecule has 0 spiro atoms. The highest BCUT2D eigenvalue weighted by Gasteiger charge is 2.21. The highest BCUT2D eigenvalue weighted by atomic mass is 35.5. The van der Waals surface area contributed by atoms with Gasteiger partial charge in [0.25, 0.3) is 0 Å². The Hall–Kier alpha value is -3.72. The van der Waals surface area contributed by atoms with Crippen LogP contribution in [0, 0.1) is 0 Å². The fourth-order valence-corrected chi connectivity index (χ4v) is 3.62. The van der Waals surface area contributed by atoms with Gasteiger partial charge in [0.05, 0.1) is 17.6 Å². The molecule has 0 amide bonds. The summed E-state index contributed by atoms with van der Waals surface area (Å²) in [7, 11) is 0. The number of halogens is 1. The fourth-order valence-electron chi connectivity index (χ4n) is 3.43. The first kappa shape index (κ1) is 22.5. The van der Waals surface area contributed by atoms with Crippen molar-refractivity contribution in [2.45, 2.75) is 25.7 Å². The van der Waals surface area contributed by atoms with Crippen molar-refractivity contribution in [3.8, 4) is 17.3 Å². The van der Waals surface area contributed by atoms with Crippen LogP contribution in [0.5, 0.6) is 5.75 Å². The van der Waals surface area contributed by atoms with Crippen LogP contribution in [-0.4, -0.2) is 38.9 Å². The van der Waals surface area contributed by atoms with Gasteiger partial charge >= 0.3 is 0 Å². The van der Waals surface area contributed by atoms with E-state index in [1.165, 1.54) is 0 Å². The molecule has 0 radical (unpaired) electrons. The summed E-state index contributed by atoms with van der Waals surface area (Å²) in [5.74, 6) is 1.04. The van der Waals surface area contributed by atoms with Gasteiger partial charge < -0.3 is 14.9 Å². The van der Waals surface area contributed by atoms with E-state index in [0.717, 1.165) is 25.7 Å². The van der Waals surface area contributed by atoms with E-state index in [-0.39, 0.29) is 39.6 Å². The molecule has 10 heteroatoms. The average molecular weight is 468 g/mol. The number of hydrogen-bond donors (Lipinski definition) is 2. The van der Waals surface area contributed by atoms with Gasteiger partial charge in [-0.05, 0) is 54.5 Å². The van der Waals surface area contributed by atoms with Gasteiger partial charge in [0.15, 0.2) is 5.78 Å². The lowest BCUT2D eigenvalue weighted by Gasteiger charge is -2.09. The largest absolute Gasteiger partial charge is 0.494 e. The topological polar surface area (TPSA) is 137 Å². The van der Waals surface area contributed by atoms with Crippen molar-refractivity contribution >= 4 is 34.0 Å². The van der Waals surface area contributed by atoms with Crippen molar-refractivity contribution in [3.05, 3.63) is 63.8 Å². The molecule has 2 aromatic heterocycles. The first-order valence-electron chi connectivity index (χ1n) is 10.5. The summed E-state index contributed by atoms with van der Waals surface area (Å²) < 4.78 is 11.6. The Bertz CT molecular complexity index is 1300. The smallest absolute Gasteiger partial charge is 0.242 e. The predicted molar refractivity (Wildman–Crippen MR) is 125 cm³/mol. The van der Waals surface area contributed by atoms with Crippen LogP contribution in [0.3, 0.4) is 0 Å². The number of fused-ring (bicyclic) bond motifs is 1. The minimum atomic E-state index is -0.472. The number of ether oxygens (including phenoxy) is 1. The van der Waals surface area contributed by atoms with E-state index >= 15 is 0 Å². The summed E-state index contributed by atoms with van der Waals surface area (Å²) in [6.45, 7) is 0.602. The zero-order valence-corrected chi connectivity index (χ0v) is 18.5. The van der Waals surface area contributed by atoms with Gasteiger partial charge in [0.1, 0.15) is 17.0 Å². The molecule has 4 aromatic rings.